The SMILES string of the molecule is CCCCCCC(=O)C(C)SCC. The van der Waals surface area contributed by atoms with E-state index in [0.29, 0.717) is 5.78 Å². The van der Waals surface area contributed by atoms with Crippen LogP contribution in [0.15, 0.2) is 0 Å². The van der Waals surface area contributed by atoms with Gasteiger partial charge in [-0.15, -0.1) is 0 Å². The maximum absolute atomic E-state index is 11.5. The summed E-state index contributed by atoms with van der Waals surface area (Å²) in [5, 5.41) is 0.214. The summed E-state index contributed by atoms with van der Waals surface area (Å²) in [5.41, 5.74) is 0. The molecule has 0 aliphatic carbocycles. The monoisotopic (exact) mass is 202 g/mol. The summed E-state index contributed by atoms with van der Waals surface area (Å²) in [7, 11) is 0. The third-order valence-electron chi connectivity index (χ3n) is 2.15. The lowest BCUT2D eigenvalue weighted by molar-refractivity contribution is -0.118. The number of Topliss-reactive ketones (excluding diaryl/α,β-unsaturated/α-hetero) is 1. The number of carbonyl (C=O) groups is 1. The van der Waals surface area contributed by atoms with Crippen LogP contribution < -0.4 is 0 Å². The summed E-state index contributed by atoms with van der Waals surface area (Å²) < 4.78 is 0. The van der Waals surface area contributed by atoms with Crippen LogP contribution in [0.5, 0.6) is 0 Å². The third kappa shape index (κ3) is 7.12. The van der Waals surface area contributed by atoms with E-state index in [1.165, 1.54) is 19.3 Å². The van der Waals surface area contributed by atoms with Crippen molar-refractivity contribution in [1.82, 2.24) is 0 Å². The Labute approximate surface area is 86.7 Å². The van der Waals surface area contributed by atoms with Crippen LogP contribution in [0, 0.1) is 0 Å². The minimum Gasteiger partial charge on any atom is -0.298 e. The van der Waals surface area contributed by atoms with Gasteiger partial charge in [0.25, 0.3) is 0 Å². The molecule has 0 radical (unpaired) electrons. The number of carbonyl (C=O) groups excluding carboxylic acids is 1. The van der Waals surface area contributed by atoms with Crippen molar-refractivity contribution in [3.05, 3.63) is 0 Å². The molecule has 0 fully saturated rings. The molecule has 0 aromatic heterocycles. The van der Waals surface area contributed by atoms with E-state index in [-0.39, 0.29) is 5.25 Å². The van der Waals surface area contributed by atoms with Crippen LogP contribution in [-0.2, 0) is 4.79 Å². The predicted molar refractivity (Wildman–Crippen MR) is 61.4 cm³/mol. The lowest BCUT2D eigenvalue weighted by atomic mass is 10.1. The molecule has 0 aliphatic heterocycles. The van der Waals surface area contributed by atoms with Crippen molar-refractivity contribution in [2.75, 3.05) is 5.75 Å². The Morgan fingerprint density at radius 2 is 1.92 bits per heavy atom. The van der Waals surface area contributed by atoms with E-state index in [4.69, 9.17) is 0 Å². The average Bonchev–Trinajstić information content (AvgIpc) is 2.12. The van der Waals surface area contributed by atoms with Gasteiger partial charge in [-0.2, -0.15) is 11.8 Å². The molecule has 0 rings (SSSR count). The van der Waals surface area contributed by atoms with Gasteiger partial charge in [-0.25, -0.2) is 0 Å². The van der Waals surface area contributed by atoms with Crippen LogP contribution in [0.25, 0.3) is 0 Å². The van der Waals surface area contributed by atoms with Crippen LogP contribution in [0.1, 0.15) is 52.9 Å². The van der Waals surface area contributed by atoms with Crippen molar-refractivity contribution in [2.24, 2.45) is 0 Å². The van der Waals surface area contributed by atoms with E-state index >= 15 is 0 Å². The summed E-state index contributed by atoms with van der Waals surface area (Å²) in [6.07, 6.45) is 5.59. The summed E-state index contributed by atoms with van der Waals surface area (Å²) in [5.74, 6) is 1.48. The third-order valence-corrected chi connectivity index (χ3v) is 3.24. The first-order chi connectivity index (χ1) is 6.22. The molecule has 0 amide bonds. The number of rotatable bonds is 8. The first-order valence-corrected chi connectivity index (χ1v) is 6.41. The fourth-order valence-electron chi connectivity index (χ4n) is 1.27. The van der Waals surface area contributed by atoms with Crippen molar-refractivity contribution in [3.63, 3.8) is 0 Å². The Bertz CT molecular complexity index is 134. The number of thioether (sulfide) groups is 1. The van der Waals surface area contributed by atoms with Crippen molar-refractivity contribution < 1.29 is 4.79 Å². The van der Waals surface area contributed by atoms with Crippen LogP contribution >= 0.6 is 11.8 Å². The van der Waals surface area contributed by atoms with Crippen LogP contribution in [0.3, 0.4) is 0 Å². The second kappa shape index (κ2) is 8.61. The maximum atomic E-state index is 11.5. The van der Waals surface area contributed by atoms with Crippen molar-refractivity contribution in [2.45, 2.75) is 58.1 Å². The highest BCUT2D eigenvalue weighted by Gasteiger charge is 2.10. The smallest absolute Gasteiger partial charge is 0.145 e. The van der Waals surface area contributed by atoms with E-state index in [1.54, 1.807) is 11.8 Å². The van der Waals surface area contributed by atoms with Crippen molar-refractivity contribution >= 4 is 17.5 Å². The topological polar surface area (TPSA) is 17.1 Å². The fraction of sp³-hybridized carbons (Fsp3) is 0.909. The lowest BCUT2D eigenvalue weighted by Crippen LogP contribution is -2.12. The second-order valence-electron chi connectivity index (χ2n) is 3.37. The largest absolute Gasteiger partial charge is 0.298 e. The number of hydrogen-bond acceptors (Lipinski definition) is 2. The molecule has 1 nitrogen and oxygen atoms in total. The first kappa shape index (κ1) is 13.0. The highest BCUT2D eigenvalue weighted by atomic mass is 32.2. The molecule has 2 heteroatoms. The zero-order valence-corrected chi connectivity index (χ0v) is 9.95. The average molecular weight is 202 g/mol. The zero-order chi connectivity index (χ0) is 10.1. The summed E-state index contributed by atoms with van der Waals surface area (Å²) in [6.45, 7) is 6.32. The highest BCUT2D eigenvalue weighted by Crippen LogP contribution is 2.14. The van der Waals surface area contributed by atoms with Gasteiger partial charge in [0.15, 0.2) is 0 Å². The van der Waals surface area contributed by atoms with E-state index in [2.05, 4.69) is 13.8 Å². The van der Waals surface area contributed by atoms with Gasteiger partial charge in [0, 0.05) is 6.42 Å². The van der Waals surface area contributed by atoms with Crippen LogP contribution in [0.4, 0.5) is 0 Å². The minimum absolute atomic E-state index is 0.214. The van der Waals surface area contributed by atoms with E-state index in [9.17, 15) is 4.79 Å². The lowest BCUT2D eigenvalue weighted by Gasteiger charge is -2.07. The van der Waals surface area contributed by atoms with Gasteiger partial charge in [0.2, 0.25) is 0 Å². The van der Waals surface area contributed by atoms with E-state index < -0.39 is 0 Å². The van der Waals surface area contributed by atoms with E-state index in [1.807, 2.05) is 6.92 Å². The van der Waals surface area contributed by atoms with Crippen molar-refractivity contribution in [1.29, 1.82) is 0 Å². The standard InChI is InChI=1S/C11H22OS/c1-4-6-7-8-9-11(12)10(3)13-5-2/h10H,4-9H2,1-3H3. The van der Waals surface area contributed by atoms with Gasteiger partial charge in [0.1, 0.15) is 5.78 Å². The Balaban J connectivity index is 3.38. The molecular formula is C11H22OS. The number of hydrogen-bond donors (Lipinski definition) is 0. The quantitative estimate of drug-likeness (QED) is 0.559. The predicted octanol–water partition coefficient (Wildman–Crippen LogP) is 3.67. The van der Waals surface area contributed by atoms with Crippen LogP contribution in [0.2, 0.25) is 0 Å². The Hall–Kier alpha value is 0.0200. The van der Waals surface area contributed by atoms with Crippen molar-refractivity contribution in [3.8, 4) is 0 Å². The normalized spacial score (nSPS) is 12.8. The molecule has 0 saturated carbocycles. The Kier molecular flexibility index (Phi) is 8.62. The molecule has 78 valence electrons. The van der Waals surface area contributed by atoms with Gasteiger partial charge in [-0.3, -0.25) is 4.79 Å². The summed E-state index contributed by atoms with van der Waals surface area (Å²) in [4.78, 5) is 11.5. The molecule has 0 heterocycles. The maximum Gasteiger partial charge on any atom is 0.145 e. The molecule has 0 aromatic rings. The molecular weight excluding hydrogens is 180 g/mol. The molecule has 0 aromatic carbocycles. The molecule has 1 unspecified atom stereocenters. The van der Waals surface area contributed by atoms with Gasteiger partial charge in [-0.1, -0.05) is 33.1 Å². The molecule has 1 atom stereocenters. The molecule has 13 heavy (non-hydrogen) atoms. The van der Waals surface area contributed by atoms with E-state index in [0.717, 1.165) is 18.6 Å². The van der Waals surface area contributed by atoms with Gasteiger partial charge >= 0.3 is 0 Å². The molecule has 0 spiro atoms. The molecule has 0 saturated heterocycles. The number of unbranched alkanes of at least 4 members (excludes halogenated alkanes) is 3. The van der Waals surface area contributed by atoms with Gasteiger partial charge < -0.3 is 0 Å². The Morgan fingerprint density at radius 1 is 1.23 bits per heavy atom. The number of ketones is 1. The summed E-state index contributed by atoms with van der Waals surface area (Å²) >= 11 is 1.75. The van der Waals surface area contributed by atoms with Gasteiger partial charge in [0.05, 0.1) is 5.25 Å². The van der Waals surface area contributed by atoms with Crippen LogP contribution in [-0.4, -0.2) is 16.8 Å². The second-order valence-corrected chi connectivity index (χ2v) is 4.99. The molecule has 0 aliphatic rings. The summed E-state index contributed by atoms with van der Waals surface area (Å²) in [6, 6.07) is 0. The molecule has 0 N–H and O–H groups in total. The zero-order valence-electron chi connectivity index (χ0n) is 9.14. The minimum atomic E-state index is 0.214. The fourth-order valence-corrected chi connectivity index (χ4v) is 2.08. The highest BCUT2D eigenvalue weighted by molar-refractivity contribution is 8.00. The first-order valence-electron chi connectivity index (χ1n) is 5.36. The Morgan fingerprint density at radius 3 is 2.46 bits per heavy atom. The molecule has 0 bridgehead atoms. The van der Waals surface area contributed by atoms with Gasteiger partial charge in [-0.05, 0) is 19.1 Å².